The Hall–Kier alpha value is -0.840. The molecular weight excluding hydrogens is 322 g/mol. The van der Waals surface area contributed by atoms with Crippen LogP contribution in [-0.2, 0) is 6.42 Å². The second-order valence-corrected chi connectivity index (χ2v) is 6.86. The minimum absolute atomic E-state index is 0.311. The van der Waals surface area contributed by atoms with Crippen molar-refractivity contribution in [3.63, 3.8) is 0 Å². The van der Waals surface area contributed by atoms with Crippen LogP contribution in [0.2, 0.25) is 0 Å². The second kappa shape index (κ2) is 6.55. The summed E-state index contributed by atoms with van der Waals surface area (Å²) in [5, 5.41) is 3.39. The molecule has 0 saturated carbocycles. The molecule has 1 aromatic heterocycles. The smallest absolute Gasteiger partial charge is 0.122 e. The summed E-state index contributed by atoms with van der Waals surface area (Å²) in [6, 6.07) is 10.7. The molecule has 0 aliphatic heterocycles. The molecule has 19 heavy (non-hydrogen) atoms. The predicted molar refractivity (Wildman–Crippen MR) is 85.3 cm³/mol. The Morgan fingerprint density at radius 1 is 1.37 bits per heavy atom. The quantitative estimate of drug-likeness (QED) is 0.875. The maximum absolute atomic E-state index is 5.42. The number of rotatable bonds is 5. The van der Waals surface area contributed by atoms with Gasteiger partial charge in [0.25, 0.3) is 0 Å². The Morgan fingerprint density at radius 3 is 2.68 bits per heavy atom. The third-order valence-corrected chi connectivity index (χ3v) is 5.44. The number of aryl methyl sites for hydroxylation is 1. The topological polar surface area (TPSA) is 21.3 Å². The molecule has 0 fully saturated rings. The van der Waals surface area contributed by atoms with Crippen LogP contribution in [0.4, 0.5) is 0 Å². The van der Waals surface area contributed by atoms with Gasteiger partial charge >= 0.3 is 0 Å². The van der Waals surface area contributed by atoms with Crippen LogP contribution in [-0.4, -0.2) is 14.2 Å². The molecule has 1 aromatic carbocycles. The van der Waals surface area contributed by atoms with Crippen LogP contribution in [0.3, 0.4) is 0 Å². The third-order valence-electron chi connectivity index (χ3n) is 3.18. The van der Waals surface area contributed by atoms with Crippen molar-refractivity contribution < 1.29 is 4.74 Å². The number of nitrogens with one attached hydrogen (secondary N) is 1. The summed E-state index contributed by atoms with van der Waals surface area (Å²) in [4.78, 5) is 1.35. The maximum atomic E-state index is 5.42. The van der Waals surface area contributed by atoms with Crippen molar-refractivity contribution in [1.29, 1.82) is 0 Å². The van der Waals surface area contributed by atoms with Gasteiger partial charge in [0.15, 0.2) is 0 Å². The zero-order valence-electron chi connectivity index (χ0n) is 11.4. The Morgan fingerprint density at radius 2 is 2.11 bits per heavy atom. The van der Waals surface area contributed by atoms with Crippen LogP contribution in [0.1, 0.15) is 22.0 Å². The molecule has 1 unspecified atom stereocenters. The summed E-state index contributed by atoms with van der Waals surface area (Å²) in [7, 11) is 3.72. The van der Waals surface area contributed by atoms with E-state index < -0.39 is 0 Å². The molecule has 2 aromatic rings. The van der Waals surface area contributed by atoms with Gasteiger partial charge in [0.2, 0.25) is 0 Å². The fourth-order valence-corrected chi connectivity index (χ4v) is 3.77. The fraction of sp³-hybridized carbons (Fsp3) is 0.333. The molecule has 0 spiro atoms. The van der Waals surface area contributed by atoms with Crippen molar-refractivity contribution in [2.75, 3.05) is 14.2 Å². The second-order valence-electron chi connectivity index (χ2n) is 4.46. The van der Waals surface area contributed by atoms with Gasteiger partial charge in [0.1, 0.15) is 5.75 Å². The third kappa shape index (κ3) is 3.38. The molecule has 1 atom stereocenters. The summed E-state index contributed by atoms with van der Waals surface area (Å²) in [5.41, 5.74) is 2.52. The first-order valence-electron chi connectivity index (χ1n) is 6.20. The van der Waals surface area contributed by atoms with E-state index in [0.717, 1.165) is 12.2 Å². The number of thiophene rings is 1. The molecule has 102 valence electrons. The number of hydrogen-bond donors (Lipinski definition) is 1. The average molecular weight is 340 g/mol. The van der Waals surface area contributed by atoms with Crippen molar-refractivity contribution in [1.82, 2.24) is 5.32 Å². The Labute approximate surface area is 126 Å². The standard InChI is InChI=1S/C15H18BrNOS/c1-10-8-14(19-15(10)16)12(17-2)9-11-6-4-5-7-13(11)18-3/h4-8,12,17H,9H2,1-3H3. The Balaban J connectivity index is 2.23. The number of halogens is 1. The van der Waals surface area contributed by atoms with Gasteiger partial charge in [-0.3, -0.25) is 0 Å². The van der Waals surface area contributed by atoms with Crippen molar-refractivity contribution >= 4 is 27.3 Å². The summed E-state index contributed by atoms with van der Waals surface area (Å²) in [5.74, 6) is 0.954. The zero-order chi connectivity index (χ0) is 13.8. The first-order chi connectivity index (χ1) is 9.15. The molecule has 1 heterocycles. The van der Waals surface area contributed by atoms with E-state index in [1.165, 1.54) is 19.8 Å². The minimum Gasteiger partial charge on any atom is -0.496 e. The molecule has 0 radical (unpaired) electrons. The first-order valence-corrected chi connectivity index (χ1v) is 7.81. The van der Waals surface area contributed by atoms with Crippen LogP contribution in [0, 0.1) is 6.92 Å². The van der Waals surface area contributed by atoms with E-state index in [0.29, 0.717) is 6.04 Å². The molecule has 0 aliphatic carbocycles. The molecule has 0 amide bonds. The van der Waals surface area contributed by atoms with Gasteiger partial charge in [-0.1, -0.05) is 18.2 Å². The minimum atomic E-state index is 0.311. The Bertz CT molecular complexity index is 533. The summed E-state index contributed by atoms with van der Waals surface area (Å²) in [6.07, 6.45) is 0.924. The fourth-order valence-electron chi connectivity index (χ4n) is 2.09. The van der Waals surface area contributed by atoms with Crippen molar-refractivity contribution in [3.8, 4) is 5.75 Å². The van der Waals surface area contributed by atoms with Gasteiger partial charge in [0, 0.05) is 10.9 Å². The number of methoxy groups -OCH3 is 1. The van der Waals surface area contributed by atoms with E-state index in [1.54, 1.807) is 18.4 Å². The summed E-state index contributed by atoms with van der Waals surface area (Å²) in [6.45, 7) is 2.12. The highest BCUT2D eigenvalue weighted by Gasteiger charge is 2.16. The number of para-hydroxylation sites is 1. The monoisotopic (exact) mass is 339 g/mol. The number of ether oxygens (including phenoxy) is 1. The molecule has 4 heteroatoms. The largest absolute Gasteiger partial charge is 0.496 e. The molecule has 0 saturated heterocycles. The Kier molecular flexibility index (Phi) is 5.02. The highest BCUT2D eigenvalue weighted by Crippen LogP contribution is 2.33. The van der Waals surface area contributed by atoms with Crippen molar-refractivity contribution in [3.05, 3.63) is 50.1 Å². The lowest BCUT2D eigenvalue weighted by atomic mass is 10.0. The number of hydrogen-bond acceptors (Lipinski definition) is 3. The highest BCUT2D eigenvalue weighted by molar-refractivity contribution is 9.11. The van der Waals surface area contributed by atoms with Crippen LogP contribution in [0.5, 0.6) is 5.75 Å². The van der Waals surface area contributed by atoms with Gasteiger partial charge in [-0.25, -0.2) is 0 Å². The van der Waals surface area contributed by atoms with Gasteiger partial charge in [-0.05, 0) is 59.6 Å². The van der Waals surface area contributed by atoms with Crippen molar-refractivity contribution in [2.45, 2.75) is 19.4 Å². The van der Waals surface area contributed by atoms with E-state index in [-0.39, 0.29) is 0 Å². The highest BCUT2D eigenvalue weighted by atomic mass is 79.9. The number of likely N-dealkylation sites (N-methyl/N-ethyl adjacent to an activating group) is 1. The molecule has 1 N–H and O–H groups in total. The maximum Gasteiger partial charge on any atom is 0.122 e. The molecule has 0 bridgehead atoms. The van der Waals surface area contributed by atoms with Crippen LogP contribution >= 0.6 is 27.3 Å². The van der Waals surface area contributed by atoms with E-state index >= 15 is 0 Å². The SMILES string of the molecule is CNC(Cc1ccccc1OC)c1cc(C)c(Br)s1. The summed E-state index contributed by atoms with van der Waals surface area (Å²) < 4.78 is 6.63. The van der Waals surface area contributed by atoms with E-state index in [4.69, 9.17) is 4.74 Å². The molecule has 2 nitrogen and oxygen atoms in total. The molecular formula is C15H18BrNOS. The van der Waals surface area contributed by atoms with Crippen LogP contribution < -0.4 is 10.1 Å². The van der Waals surface area contributed by atoms with Gasteiger partial charge < -0.3 is 10.1 Å². The number of benzene rings is 1. The normalized spacial score (nSPS) is 12.4. The van der Waals surface area contributed by atoms with Crippen molar-refractivity contribution in [2.24, 2.45) is 0 Å². The lowest BCUT2D eigenvalue weighted by Crippen LogP contribution is -2.18. The van der Waals surface area contributed by atoms with E-state index in [1.807, 2.05) is 19.2 Å². The summed E-state index contributed by atoms with van der Waals surface area (Å²) >= 11 is 5.39. The molecule has 0 aliphatic rings. The van der Waals surface area contributed by atoms with Gasteiger partial charge in [-0.15, -0.1) is 11.3 Å². The zero-order valence-corrected chi connectivity index (χ0v) is 13.8. The predicted octanol–water partition coefficient (Wildman–Crippen LogP) is 4.33. The lowest BCUT2D eigenvalue weighted by Gasteiger charge is -2.16. The van der Waals surface area contributed by atoms with E-state index in [9.17, 15) is 0 Å². The van der Waals surface area contributed by atoms with E-state index in [2.05, 4.69) is 46.4 Å². The lowest BCUT2D eigenvalue weighted by molar-refractivity contribution is 0.406. The van der Waals surface area contributed by atoms with Gasteiger partial charge in [0.05, 0.1) is 10.9 Å². The van der Waals surface area contributed by atoms with Crippen LogP contribution in [0.15, 0.2) is 34.1 Å². The average Bonchev–Trinajstić information content (AvgIpc) is 2.76. The van der Waals surface area contributed by atoms with Gasteiger partial charge in [-0.2, -0.15) is 0 Å². The molecule has 2 rings (SSSR count). The first kappa shape index (κ1) is 14.6. The van der Waals surface area contributed by atoms with Crippen LogP contribution in [0.25, 0.3) is 0 Å².